The van der Waals surface area contributed by atoms with Crippen molar-refractivity contribution in [3.05, 3.63) is 120 Å². The fourth-order valence-electron chi connectivity index (χ4n) is 5.09. The van der Waals surface area contributed by atoms with Gasteiger partial charge in [0.1, 0.15) is 23.9 Å². The molecule has 0 atom stereocenters. The van der Waals surface area contributed by atoms with E-state index in [1.54, 1.807) is 24.7 Å². The van der Waals surface area contributed by atoms with Gasteiger partial charge >= 0.3 is 0 Å². The van der Waals surface area contributed by atoms with Crippen LogP contribution in [0.5, 0.6) is 5.75 Å². The number of hydrogen-bond donors (Lipinski definition) is 2. The van der Waals surface area contributed by atoms with Gasteiger partial charge in [-0.2, -0.15) is 5.10 Å². The van der Waals surface area contributed by atoms with Crippen LogP contribution in [0, 0.1) is 12.7 Å². The first-order valence-corrected chi connectivity index (χ1v) is 13.0. The van der Waals surface area contributed by atoms with Gasteiger partial charge in [0.15, 0.2) is 5.65 Å². The number of H-pyrrole nitrogens is 2. The van der Waals surface area contributed by atoms with Crippen molar-refractivity contribution >= 4 is 21.9 Å². The Labute approximate surface area is 229 Å². The summed E-state index contributed by atoms with van der Waals surface area (Å²) in [5.74, 6) is 0.438. The normalized spacial score (nSPS) is 11.3. The average molecular weight is 526 g/mol. The van der Waals surface area contributed by atoms with Crippen LogP contribution in [0.2, 0.25) is 0 Å². The van der Waals surface area contributed by atoms with E-state index < -0.39 is 0 Å². The number of nitrogens with one attached hydrogen (secondary N) is 2. The van der Waals surface area contributed by atoms with Gasteiger partial charge in [0, 0.05) is 39.8 Å². The number of pyridine rings is 2. The monoisotopic (exact) mass is 525 g/mol. The molecule has 0 aliphatic rings. The number of halogens is 1. The third-order valence-corrected chi connectivity index (χ3v) is 6.98. The lowest BCUT2D eigenvalue weighted by Gasteiger charge is -2.08. The highest BCUT2D eigenvalue weighted by Crippen LogP contribution is 2.35. The van der Waals surface area contributed by atoms with E-state index in [-0.39, 0.29) is 5.82 Å². The van der Waals surface area contributed by atoms with Crippen molar-refractivity contribution in [3.63, 3.8) is 0 Å². The molecular formula is C33H24FN5O. The van der Waals surface area contributed by atoms with Crippen LogP contribution >= 0.6 is 0 Å². The highest BCUT2D eigenvalue weighted by atomic mass is 19.1. The van der Waals surface area contributed by atoms with Gasteiger partial charge in [-0.3, -0.25) is 10.1 Å². The molecule has 0 bridgehead atoms. The molecule has 0 fully saturated rings. The van der Waals surface area contributed by atoms with E-state index in [1.165, 1.54) is 6.07 Å². The van der Waals surface area contributed by atoms with Gasteiger partial charge in [-0.15, -0.1) is 0 Å². The molecule has 0 saturated carbocycles. The fraction of sp³-hybridized carbons (Fsp3) is 0.0606. The molecule has 0 saturated heterocycles. The van der Waals surface area contributed by atoms with E-state index in [2.05, 4.69) is 37.3 Å². The van der Waals surface area contributed by atoms with Crippen LogP contribution < -0.4 is 4.74 Å². The summed E-state index contributed by atoms with van der Waals surface area (Å²) in [6.07, 6.45) is 5.32. The highest BCUT2D eigenvalue weighted by molar-refractivity contribution is 6.01. The number of nitrogens with zero attached hydrogens (tertiary/aromatic N) is 3. The zero-order valence-electron chi connectivity index (χ0n) is 21.6. The Morgan fingerprint density at radius 3 is 2.55 bits per heavy atom. The zero-order valence-corrected chi connectivity index (χ0v) is 21.6. The van der Waals surface area contributed by atoms with Gasteiger partial charge in [-0.05, 0) is 65.6 Å². The van der Waals surface area contributed by atoms with Crippen molar-refractivity contribution in [1.29, 1.82) is 0 Å². The molecule has 2 N–H and O–H groups in total. The molecule has 0 amide bonds. The lowest BCUT2D eigenvalue weighted by atomic mass is 9.99. The number of aryl methyl sites for hydroxylation is 1. The number of benzene rings is 3. The Hall–Kier alpha value is -5.30. The summed E-state index contributed by atoms with van der Waals surface area (Å²) in [6, 6.07) is 27.2. The average Bonchev–Trinajstić information content (AvgIpc) is 3.60. The van der Waals surface area contributed by atoms with E-state index in [9.17, 15) is 4.39 Å². The van der Waals surface area contributed by atoms with Gasteiger partial charge in [0.2, 0.25) is 0 Å². The maximum absolute atomic E-state index is 14.2. The number of hydrogen-bond acceptors (Lipinski definition) is 4. The summed E-state index contributed by atoms with van der Waals surface area (Å²) >= 11 is 0. The number of rotatable bonds is 6. The van der Waals surface area contributed by atoms with Gasteiger partial charge < -0.3 is 9.72 Å². The van der Waals surface area contributed by atoms with Crippen molar-refractivity contribution in [2.45, 2.75) is 13.5 Å². The molecule has 6 nitrogen and oxygen atoms in total. The van der Waals surface area contributed by atoms with Crippen LogP contribution in [-0.4, -0.2) is 25.1 Å². The maximum Gasteiger partial charge on any atom is 0.155 e. The Morgan fingerprint density at radius 1 is 0.800 bits per heavy atom. The summed E-state index contributed by atoms with van der Waals surface area (Å²) in [7, 11) is 0. The predicted molar refractivity (Wildman–Crippen MR) is 155 cm³/mol. The minimum Gasteiger partial charge on any atom is -0.487 e. The molecule has 4 aromatic heterocycles. The van der Waals surface area contributed by atoms with Crippen molar-refractivity contribution in [2.24, 2.45) is 0 Å². The van der Waals surface area contributed by atoms with Crippen molar-refractivity contribution in [1.82, 2.24) is 25.1 Å². The molecule has 0 unspecified atom stereocenters. The molecule has 0 aliphatic heterocycles. The third-order valence-electron chi connectivity index (χ3n) is 6.98. The Bertz CT molecular complexity index is 1970. The van der Waals surface area contributed by atoms with E-state index in [1.807, 2.05) is 67.6 Å². The molecular weight excluding hydrogens is 501 g/mol. The zero-order chi connectivity index (χ0) is 27.1. The van der Waals surface area contributed by atoms with Gasteiger partial charge in [0.25, 0.3) is 0 Å². The van der Waals surface area contributed by atoms with Crippen LogP contribution in [0.25, 0.3) is 55.6 Å². The van der Waals surface area contributed by atoms with Crippen LogP contribution in [0.3, 0.4) is 0 Å². The Balaban J connectivity index is 1.25. The minimum absolute atomic E-state index is 0.247. The Kier molecular flexibility index (Phi) is 5.82. The second-order valence-corrected chi connectivity index (χ2v) is 9.84. The van der Waals surface area contributed by atoms with Crippen molar-refractivity contribution in [3.8, 4) is 39.4 Å². The Morgan fingerprint density at radius 2 is 1.68 bits per heavy atom. The number of ether oxygens (including phenoxy) is 1. The number of aromatic amines is 2. The number of aromatic nitrogens is 5. The maximum atomic E-state index is 14.2. The molecule has 3 aromatic carbocycles. The molecule has 0 radical (unpaired) electrons. The van der Waals surface area contributed by atoms with Crippen molar-refractivity contribution in [2.75, 3.05) is 0 Å². The largest absolute Gasteiger partial charge is 0.487 e. The third kappa shape index (κ3) is 4.47. The van der Waals surface area contributed by atoms with Crippen LogP contribution in [0.15, 0.2) is 104 Å². The molecule has 7 aromatic rings. The van der Waals surface area contributed by atoms with E-state index in [4.69, 9.17) is 4.74 Å². The van der Waals surface area contributed by atoms with E-state index >= 15 is 0 Å². The first-order valence-electron chi connectivity index (χ1n) is 13.0. The topological polar surface area (TPSA) is 79.5 Å². The smallest absolute Gasteiger partial charge is 0.155 e. The second-order valence-electron chi connectivity index (χ2n) is 9.84. The predicted octanol–water partition coefficient (Wildman–Crippen LogP) is 7.86. The molecule has 7 rings (SSSR count). The number of fused-ring (bicyclic) bond motifs is 2. The van der Waals surface area contributed by atoms with Crippen molar-refractivity contribution < 1.29 is 9.13 Å². The summed E-state index contributed by atoms with van der Waals surface area (Å²) in [5, 5.41) is 9.51. The van der Waals surface area contributed by atoms with Crippen LogP contribution in [0.4, 0.5) is 4.39 Å². The first kappa shape index (κ1) is 23.8. The van der Waals surface area contributed by atoms with E-state index in [0.717, 1.165) is 61.1 Å². The summed E-state index contributed by atoms with van der Waals surface area (Å²) in [6.45, 7) is 2.36. The summed E-state index contributed by atoms with van der Waals surface area (Å²) < 4.78 is 20.2. The molecule has 4 heterocycles. The molecule has 194 valence electrons. The first-order chi connectivity index (χ1) is 19.6. The summed E-state index contributed by atoms with van der Waals surface area (Å²) in [4.78, 5) is 12.5. The molecule has 0 spiro atoms. The van der Waals surface area contributed by atoms with E-state index in [0.29, 0.717) is 18.0 Å². The van der Waals surface area contributed by atoms with Crippen LogP contribution in [0.1, 0.15) is 11.1 Å². The SMILES string of the molecule is Cc1cc(F)cc(-c2cccc3[nH]c(-c4n[nH]c5ncc(-c6cncc(OCc7ccccc7)c6)cc45)cc23)c1. The fourth-order valence-corrected chi connectivity index (χ4v) is 5.09. The minimum atomic E-state index is -0.247. The van der Waals surface area contributed by atoms with Gasteiger partial charge in [-0.1, -0.05) is 48.5 Å². The quantitative estimate of drug-likeness (QED) is 0.232. The molecule has 0 aliphatic carbocycles. The van der Waals surface area contributed by atoms with Crippen LogP contribution in [-0.2, 0) is 6.61 Å². The molecule has 7 heteroatoms. The summed E-state index contributed by atoms with van der Waals surface area (Å²) in [5.41, 5.74) is 8.80. The standard InChI is InChI=1S/C33H24FN5O/c1-20-10-22(12-25(34)11-20)27-8-5-9-30-28(27)15-31(37-30)32-29-14-24(17-36-33(29)39-38-32)23-13-26(18-35-16-23)40-19-21-6-3-2-4-7-21/h2-18,37H,19H2,1H3,(H,36,38,39). The molecule has 40 heavy (non-hydrogen) atoms. The lowest BCUT2D eigenvalue weighted by molar-refractivity contribution is 0.305. The van der Waals surface area contributed by atoms with Gasteiger partial charge in [0.05, 0.1) is 11.9 Å². The van der Waals surface area contributed by atoms with Gasteiger partial charge in [-0.25, -0.2) is 9.37 Å². The lowest BCUT2D eigenvalue weighted by Crippen LogP contribution is -1.96. The second kappa shape index (κ2) is 9.78. The highest BCUT2D eigenvalue weighted by Gasteiger charge is 2.16.